The van der Waals surface area contributed by atoms with Gasteiger partial charge in [-0.15, -0.1) is 12.4 Å². The number of carbonyl (C=O) groups is 1. The van der Waals surface area contributed by atoms with Gasteiger partial charge in [-0.25, -0.2) is 0 Å². The standard InChI is InChI=1S/C13H15F3N2O.ClH/c14-13(15,16)10-3-1-9(2-4-10)7-12(19)18-6-5-11(17)8-18;/h1-4,11H,5-8,17H2;1H/t11-;/m0./s1. The molecule has 20 heavy (non-hydrogen) atoms. The molecule has 0 aromatic heterocycles. The van der Waals surface area contributed by atoms with E-state index in [4.69, 9.17) is 5.73 Å². The number of carbonyl (C=O) groups excluding carboxylic acids is 1. The van der Waals surface area contributed by atoms with E-state index in [1.54, 1.807) is 4.90 Å². The molecule has 1 heterocycles. The third-order valence-electron chi connectivity index (χ3n) is 3.21. The van der Waals surface area contributed by atoms with Crippen molar-refractivity contribution < 1.29 is 18.0 Å². The number of halogens is 4. The highest BCUT2D eigenvalue weighted by Crippen LogP contribution is 2.29. The van der Waals surface area contributed by atoms with Gasteiger partial charge < -0.3 is 10.6 Å². The molecule has 112 valence electrons. The maximum atomic E-state index is 12.4. The monoisotopic (exact) mass is 308 g/mol. The van der Waals surface area contributed by atoms with Crippen LogP contribution in [0.15, 0.2) is 24.3 Å². The lowest BCUT2D eigenvalue weighted by Crippen LogP contribution is -2.32. The second-order valence-electron chi connectivity index (χ2n) is 4.76. The molecule has 3 nitrogen and oxygen atoms in total. The van der Waals surface area contributed by atoms with E-state index < -0.39 is 11.7 Å². The van der Waals surface area contributed by atoms with Crippen LogP contribution in [0.25, 0.3) is 0 Å². The van der Waals surface area contributed by atoms with Gasteiger partial charge in [0.15, 0.2) is 0 Å². The summed E-state index contributed by atoms with van der Waals surface area (Å²) in [6, 6.07) is 4.70. The van der Waals surface area contributed by atoms with Gasteiger partial charge >= 0.3 is 6.18 Å². The van der Waals surface area contributed by atoms with Gasteiger partial charge in [0.2, 0.25) is 5.91 Å². The van der Waals surface area contributed by atoms with E-state index >= 15 is 0 Å². The SMILES string of the molecule is Cl.N[C@H]1CCN(C(=O)Cc2ccc(C(F)(F)F)cc2)C1. The van der Waals surface area contributed by atoms with Crippen LogP contribution in [-0.4, -0.2) is 29.9 Å². The van der Waals surface area contributed by atoms with Crippen molar-refractivity contribution in [3.05, 3.63) is 35.4 Å². The molecule has 1 amide bonds. The van der Waals surface area contributed by atoms with Crippen molar-refractivity contribution in [2.75, 3.05) is 13.1 Å². The first-order valence-electron chi connectivity index (χ1n) is 6.06. The molecule has 0 radical (unpaired) electrons. The van der Waals surface area contributed by atoms with E-state index in [0.29, 0.717) is 18.7 Å². The molecule has 2 N–H and O–H groups in total. The Hall–Kier alpha value is -1.27. The summed E-state index contributed by atoms with van der Waals surface area (Å²) in [4.78, 5) is 13.5. The maximum Gasteiger partial charge on any atom is 0.416 e. The minimum Gasteiger partial charge on any atom is -0.341 e. The summed E-state index contributed by atoms with van der Waals surface area (Å²) in [5.41, 5.74) is 5.59. The van der Waals surface area contributed by atoms with Crippen molar-refractivity contribution in [2.45, 2.75) is 25.1 Å². The lowest BCUT2D eigenvalue weighted by atomic mass is 10.1. The Morgan fingerprint density at radius 3 is 2.35 bits per heavy atom. The van der Waals surface area contributed by atoms with Gasteiger partial charge in [-0.3, -0.25) is 4.79 Å². The van der Waals surface area contributed by atoms with E-state index in [1.165, 1.54) is 12.1 Å². The fourth-order valence-electron chi connectivity index (χ4n) is 2.11. The molecular weight excluding hydrogens is 293 g/mol. The number of likely N-dealkylation sites (tertiary alicyclic amines) is 1. The van der Waals surface area contributed by atoms with E-state index in [-0.39, 0.29) is 30.8 Å². The van der Waals surface area contributed by atoms with E-state index in [2.05, 4.69) is 0 Å². The largest absolute Gasteiger partial charge is 0.416 e. The zero-order valence-corrected chi connectivity index (χ0v) is 11.5. The van der Waals surface area contributed by atoms with E-state index in [1.807, 2.05) is 0 Å². The number of nitrogens with zero attached hydrogens (tertiary/aromatic N) is 1. The van der Waals surface area contributed by atoms with Crippen molar-refractivity contribution in [2.24, 2.45) is 5.73 Å². The van der Waals surface area contributed by atoms with Crippen LogP contribution in [0.2, 0.25) is 0 Å². The van der Waals surface area contributed by atoms with Gasteiger partial charge in [-0.1, -0.05) is 12.1 Å². The lowest BCUT2D eigenvalue weighted by Gasteiger charge is -2.16. The molecule has 1 aromatic carbocycles. The van der Waals surface area contributed by atoms with Crippen LogP contribution in [-0.2, 0) is 17.4 Å². The molecule has 1 atom stereocenters. The van der Waals surface area contributed by atoms with Crippen LogP contribution in [0.4, 0.5) is 13.2 Å². The van der Waals surface area contributed by atoms with Crippen LogP contribution in [0.5, 0.6) is 0 Å². The van der Waals surface area contributed by atoms with E-state index in [0.717, 1.165) is 18.6 Å². The second-order valence-corrected chi connectivity index (χ2v) is 4.76. The fraction of sp³-hybridized carbons (Fsp3) is 0.462. The van der Waals surface area contributed by atoms with Gasteiger partial charge in [0, 0.05) is 19.1 Å². The average Bonchev–Trinajstić information content (AvgIpc) is 2.75. The summed E-state index contributed by atoms with van der Waals surface area (Å²) in [6.45, 7) is 1.15. The first-order valence-corrected chi connectivity index (χ1v) is 6.06. The van der Waals surface area contributed by atoms with Crippen molar-refractivity contribution >= 4 is 18.3 Å². The smallest absolute Gasteiger partial charge is 0.341 e. The Kier molecular flexibility index (Phi) is 5.42. The summed E-state index contributed by atoms with van der Waals surface area (Å²) in [5, 5.41) is 0. The van der Waals surface area contributed by atoms with Crippen LogP contribution < -0.4 is 5.73 Å². The number of alkyl halides is 3. The third kappa shape index (κ3) is 4.11. The Bertz CT molecular complexity index is 462. The van der Waals surface area contributed by atoms with Crippen molar-refractivity contribution in [1.82, 2.24) is 4.90 Å². The molecule has 1 aliphatic rings. The Morgan fingerprint density at radius 2 is 1.90 bits per heavy atom. The molecule has 0 saturated carbocycles. The summed E-state index contributed by atoms with van der Waals surface area (Å²) in [6.07, 6.45) is -3.45. The number of benzene rings is 1. The first-order chi connectivity index (χ1) is 8.86. The predicted octanol–water partition coefficient (Wildman–Crippen LogP) is 2.23. The minimum atomic E-state index is -4.34. The Balaban J connectivity index is 0.00000200. The zero-order chi connectivity index (χ0) is 14.0. The van der Waals surface area contributed by atoms with Gasteiger partial charge in [-0.05, 0) is 24.1 Å². The molecule has 0 spiro atoms. The molecule has 1 fully saturated rings. The van der Waals surface area contributed by atoms with Crippen LogP contribution >= 0.6 is 12.4 Å². The number of nitrogens with two attached hydrogens (primary N) is 1. The predicted molar refractivity (Wildman–Crippen MR) is 71.6 cm³/mol. The zero-order valence-electron chi connectivity index (χ0n) is 10.7. The highest BCUT2D eigenvalue weighted by atomic mass is 35.5. The highest BCUT2D eigenvalue weighted by molar-refractivity contribution is 5.85. The van der Waals surface area contributed by atoms with Gasteiger partial charge in [0.1, 0.15) is 0 Å². The van der Waals surface area contributed by atoms with Crippen LogP contribution in [0.3, 0.4) is 0 Å². The average molecular weight is 309 g/mol. The number of hydrogen-bond donors (Lipinski definition) is 1. The Labute approximate surface area is 121 Å². The van der Waals surface area contributed by atoms with Crippen molar-refractivity contribution in [3.8, 4) is 0 Å². The highest BCUT2D eigenvalue weighted by Gasteiger charge is 2.30. The molecule has 7 heteroatoms. The topological polar surface area (TPSA) is 46.3 Å². The summed E-state index contributed by atoms with van der Waals surface area (Å²) in [5.74, 6) is -0.0901. The summed E-state index contributed by atoms with van der Waals surface area (Å²) in [7, 11) is 0. The van der Waals surface area contributed by atoms with E-state index in [9.17, 15) is 18.0 Å². The fourth-order valence-corrected chi connectivity index (χ4v) is 2.11. The van der Waals surface area contributed by atoms with Gasteiger partial charge in [0.25, 0.3) is 0 Å². The molecule has 0 unspecified atom stereocenters. The molecule has 2 rings (SSSR count). The summed E-state index contributed by atoms with van der Waals surface area (Å²) >= 11 is 0. The normalized spacial score (nSPS) is 18.8. The molecule has 1 aliphatic heterocycles. The quantitative estimate of drug-likeness (QED) is 0.910. The van der Waals surface area contributed by atoms with Crippen molar-refractivity contribution in [1.29, 1.82) is 0 Å². The lowest BCUT2D eigenvalue weighted by molar-refractivity contribution is -0.137. The summed E-state index contributed by atoms with van der Waals surface area (Å²) < 4.78 is 37.1. The number of hydrogen-bond acceptors (Lipinski definition) is 2. The maximum absolute atomic E-state index is 12.4. The molecule has 0 bridgehead atoms. The third-order valence-corrected chi connectivity index (χ3v) is 3.21. The van der Waals surface area contributed by atoms with Crippen LogP contribution in [0.1, 0.15) is 17.5 Å². The molecule has 0 aliphatic carbocycles. The molecule has 1 saturated heterocycles. The minimum absolute atomic E-state index is 0. The molecular formula is C13H16ClF3N2O. The number of amides is 1. The second kappa shape index (κ2) is 6.45. The van der Waals surface area contributed by atoms with Crippen molar-refractivity contribution in [3.63, 3.8) is 0 Å². The van der Waals surface area contributed by atoms with Gasteiger partial charge in [0.05, 0.1) is 12.0 Å². The molecule has 1 aromatic rings. The number of rotatable bonds is 2. The Morgan fingerprint density at radius 1 is 1.30 bits per heavy atom. The van der Waals surface area contributed by atoms with Crippen LogP contribution in [0, 0.1) is 0 Å². The van der Waals surface area contributed by atoms with Gasteiger partial charge in [-0.2, -0.15) is 13.2 Å². The first kappa shape index (κ1) is 16.8.